The van der Waals surface area contributed by atoms with Crippen molar-refractivity contribution < 1.29 is 0 Å². The second-order valence-corrected chi connectivity index (χ2v) is 4.99. The maximum atomic E-state index is 9.16. The zero-order chi connectivity index (χ0) is 12.6. The normalized spacial score (nSPS) is 10.3. The lowest BCUT2D eigenvalue weighted by molar-refractivity contribution is 0.775. The summed E-state index contributed by atoms with van der Waals surface area (Å²) in [5.74, 6) is 0. The molecule has 0 saturated heterocycles. The predicted molar refractivity (Wildman–Crippen MR) is 70.8 cm³/mol. The zero-order valence-electron chi connectivity index (χ0n) is 9.33. The van der Waals surface area contributed by atoms with Crippen LogP contribution in [0.3, 0.4) is 0 Å². The van der Waals surface area contributed by atoms with Crippen LogP contribution < -0.4 is 0 Å². The molecule has 0 fully saturated rings. The minimum absolute atomic E-state index is 0.546. The molecule has 0 unspecified atom stereocenters. The third-order valence-electron chi connectivity index (χ3n) is 2.57. The topological polar surface area (TPSA) is 41.6 Å². The number of nitrogens with zero attached hydrogens (tertiary/aromatic N) is 3. The zero-order valence-corrected chi connectivity index (χ0v) is 11.7. The number of aryl methyl sites for hydroxylation is 2. The smallest absolute Gasteiger partial charge is 0.0999 e. The van der Waals surface area contributed by atoms with E-state index in [2.05, 4.69) is 27.1 Å². The maximum Gasteiger partial charge on any atom is 0.0999 e. The van der Waals surface area contributed by atoms with Gasteiger partial charge >= 0.3 is 0 Å². The van der Waals surface area contributed by atoms with E-state index in [4.69, 9.17) is 16.9 Å². The molecule has 0 atom stereocenters. The van der Waals surface area contributed by atoms with E-state index in [1.165, 1.54) is 0 Å². The van der Waals surface area contributed by atoms with Gasteiger partial charge in [0, 0.05) is 17.6 Å². The van der Waals surface area contributed by atoms with Crippen molar-refractivity contribution in [2.45, 2.75) is 6.92 Å². The van der Waals surface area contributed by atoms with Crippen molar-refractivity contribution in [3.63, 3.8) is 0 Å². The van der Waals surface area contributed by atoms with E-state index in [9.17, 15) is 0 Å². The lowest BCUT2D eigenvalue weighted by Crippen LogP contribution is -1.96. The SMILES string of the molecule is Cc1cc(-c2c(Br)cnn2C)c(C#N)cc1Cl. The van der Waals surface area contributed by atoms with E-state index >= 15 is 0 Å². The van der Waals surface area contributed by atoms with Gasteiger partial charge in [-0.1, -0.05) is 11.6 Å². The fraction of sp³-hybridized carbons (Fsp3) is 0.167. The van der Waals surface area contributed by atoms with Crippen LogP contribution in [0.15, 0.2) is 22.8 Å². The maximum absolute atomic E-state index is 9.16. The Morgan fingerprint density at radius 2 is 2.18 bits per heavy atom. The highest BCUT2D eigenvalue weighted by Crippen LogP contribution is 2.33. The Morgan fingerprint density at radius 3 is 2.71 bits per heavy atom. The molecule has 2 aromatic rings. The highest BCUT2D eigenvalue weighted by molar-refractivity contribution is 9.10. The first-order valence-corrected chi connectivity index (χ1v) is 6.09. The van der Waals surface area contributed by atoms with E-state index in [1.807, 2.05) is 20.0 Å². The molecule has 1 aromatic carbocycles. The van der Waals surface area contributed by atoms with Gasteiger partial charge in [0.05, 0.1) is 28.0 Å². The molecule has 0 aliphatic rings. The van der Waals surface area contributed by atoms with Crippen molar-refractivity contribution >= 4 is 27.5 Å². The van der Waals surface area contributed by atoms with Gasteiger partial charge < -0.3 is 0 Å². The molecule has 2 rings (SSSR count). The molecule has 0 radical (unpaired) electrons. The van der Waals surface area contributed by atoms with Crippen LogP contribution in [0.25, 0.3) is 11.3 Å². The molecule has 86 valence electrons. The van der Waals surface area contributed by atoms with Gasteiger partial charge in [0.25, 0.3) is 0 Å². The molecule has 0 amide bonds. The van der Waals surface area contributed by atoms with Crippen LogP contribution in [0.1, 0.15) is 11.1 Å². The summed E-state index contributed by atoms with van der Waals surface area (Å²) in [6, 6.07) is 5.75. The first-order chi connectivity index (χ1) is 8.04. The minimum atomic E-state index is 0.546. The van der Waals surface area contributed by atoms with Gasteiger partial charge in [-0.2, -0.15) is 10.4 Å². The number of nitriles is 1. The van der Waals surface area contributed by atoms with Gasteiger partial charge in [-0.15, -0.1) is 0 Å². The molecular weight excluding hydrogens is 302 g/mol. The predicted octanol–water partition coefficient (Wildman–Crippen LogP) is 3.68. The number of hydrogen-bond acceptors (Lipinski definition) is 2. The summed E-state index contributed by atoms with van der Waals surface area (Å²) >= 11 is 9.45. The summed E-state index contributed by atoms with van der Waals surface area (Å²) < 4.78 is 2.59. The van der Waals surface area contributed by atoms with E-state index in [0.717, 1.165) is 21.3 Å². The van der Waals surface area contributed by atoms with Crippen molar-refractivity contribution in [1.29, 1.82) is 5.26 Å². The summed E-state index contributed by atoms with van der Waals surface area (Å²) in [5, 5.41) is 13.9. The van der Waals surface area contributed by atoms with Crippen LogP contribution in [0.5, 0.6) is 0 Å². The van der Waals surface area contributed by atoms with Crippen LogP contribution in [0.4, 0.5) is 0 Å². The Hall–Kier alpha value is -1.31. The standard InChI is InChI=1S/C12H9BrClN3/c1-7-3-9(8(5-15)4-11(7)14)12-10(13)6-16-17(12)2/h3-4,6H,1-2H3. The largest absolute Gasteiger partial charge is 0.267 e. The number of hydrogen-bond donors (Lipinski definition) is 0. The molecule has 0 spiro atoms. The van der Waals surface area contributed by atoms with Crippen molar-refractivity contribution in [3.8, 4) is 17.3 Å². The molecule has 0 bridgehead atoms. The average molecular weight is 311 g/mol. The number of aromatic nitrogens is 2. The molecular formula is C12H9BrClN3. The van der Waals surface area contributed by atoms with Crippen molar-refractivity contribution in [2.24, 2.45) is 7.05 Å². The van der Waals surface area contributed by atoms with Crippen LogP contribution in [-0.4, -0.2) is 9.78 Å². The molecule has 0 aliphatic carbocycles. The Kier molecular flexibility index (Phi) is 3.23. The Morgan fingerprint density at radius 1 is 1.47 bits per heavy atom. The quantitative estimate of drug-likeness (QED) is 0.806. The van der Waals surface area contributed by atoms with Gasteiger partial charge in [0.1, 0.15) is 0 Å². The van der Waals surface area contributed by atoms with E-state index in [0.29, 0.717) is 10.6 Å². The van der Waals surface area contributed by atoms with E-state index < -0.39 is 0 Å². The number of rotatable bonds is 1. The highest BCUT2D eigenvalue weighted by atomic mass is 79.9. The second kappa shape index (κ2) is 4.52. The van der Waals surface area contributed by atoms with Gasteiger partial charge in [-0.05, 0) is 40.5 Å². The molecule has 0 saturated carbocycles. The molecule has 0 aliphatic heterocycles. The second-order valence-electron chi connectivity index (χ2n) is 3.72. The fourth-order valence-corrected chi connectivity index (χ4v) is 2.41. The first-order valence-electron chi connectivity index (χ1n) is 4.92. The van der Waals surface area contributed by atoms with Gasteiger partial charge in [-0.3, -0.25) is 4.68 Å². The molecule has 0 N–H and O–H groups in total. The van der Waals surface area contributed by atoms with Gasteiger partial charge in [0.15, 0.2) is 0 Å². The molecule has 5 heteroatoms. The van der Waals surface area contributed by atoms with Crippen LogP contribution in [0, 0.1) is 18.3 Å². The Bertz CT molecular complexity index is 606. The third kappa shape index (κ3) is 2.08. The summed E-state index contributed by atoms with van der Waals surface area (Å²) in [5.41, 5.74) is 3.20. The summed E-state index contributed by atoms with van der Waals surface area (Å²) in [4.78, 5) is 0. The lowest BCUT2D eigenvalue weighted by Gasteiger charge is -2.08. The van der Waals surface area contributed by atoms with E-state index in [1.54, 1.807) is 16.9 Å². The van der Waals surface area contributed by atoms with Crippen molar-refractivity contribution in [1.82, 2.24) is 9.78 Å². The van der Waals surface area contributed by atoms with Crippen molar-refractivity contribution in [2.75, 3.05) is 0 Å². The van der Waals surface area contributed by atoms with E-state index in [-0.39, 0.29) is 0 Å². The monoisotopic (exact) mass is 309 g/mol. The minimum Gasteiger partial charge on any atom is -0.267 e. The van der Waals surface area contributed by atoms with Crippen LogP contribution in [0.2, 0.25) is 5.02 Å². The molecule has 1 heterocycles. The highest BCUT2D eigenvalue weighted by Gasteiger charge is 2.14. The lowest BCUT2D eigenvalue weighted by atomic mass is 10.0. The van der Waals surface area contributed by atoms with Crippen LogP contribution >= 0.6 is 27.5 Å². The summed E-state index contributed by atoms with van der Waals surface area (Å²) in [7, 11) is 1.84. The Labute approximate surface area is 113 Å². The molecule has 1 aromatic heterocycles. The van der Waals surface area contributed by atoms with Crippen LogP contribution in [-0.2, 0) is 7.05 Å². The third-order valence-corrected chi connectivity index (χ3v) is 3.56. The first kappa shape index (κ1) is 12.2. The number of benzene rings is 1. The summed E-state index contributed by atoms with van der Waals surface area (Å²) in [6.45, 7) is 1.91. The molecule has 3 nitrogen and oxygen atoms in total. The summed E-state index contributed by atoms with van der Waals surface area (Å²) in [6.07, 6.45) is 1.71. The fourth-order valence-electron chi connectivity index (χ4n) is 1.68. The van der Waals surface area contributed by atoms with Gasteiger partial charge in [0.2, 0.25) is 0 Å². The Balaban J connectivity index is 2.76. The van der Waals surface area contributed by atoms with Gasteiger partial charge in [-0.25, -0.2) is 0 Å². The number of halogens is 2. The molecule has 17 heavy (non-hydrogen) atoms. The average Bonchev–Trinajstić information content (AvgIpc) is 2.62. The van der Waals surface area contributed by atoms with Crippen molar-refractivity contribution in [3.05, 3.63) is 39.0 Å².